The zero-order chi connectivity index (χ0) is 13.8. The van der Waals surface area contributed by atoms with E-state index >= 15 is 0 Å². The number of halogens is 1. The highest BCUT2D eigenvalue weighted by atomic mass is 19.1. The lowest BCUT2D eigenvalue weighted by molar-refractivity contribution is -0.114. The molecule has 0 aliphatic rings. The van der Waals surface area contributed by atoms with Crippen LogP contribution in [0.1, 0.15) is 17.5 Å². The maximum Gasteiger partial charge on any atom is 0.291 e. The summed E-state index contributed by atoms with van der Waals surface area (Å²) in [5.74, 6) is -1.27. The Morgan fingerprint density at radius 1 is 1.16 bits per heavy atom. The highest BCUT2D eigenvalue weighted by molar-refractivity contribution is 6.05. The molecule has 2 aromatic rings. The van der Waals surface area contributed by atoms with Gasteiger partial charge in [-0.15, -0.1) is 0 Å². The van der Waals surface area contributed by atoms with Gasteiger partial charge in [0.15, 0.2) is 5.76 Å². The number of benzene rings is 1. The Balaban J connectivity index is 2.25. The molecule has 5 nitrogen and oxygen atoms in total. The first-order valence-corrected chi connectivity index (χ1v) is 5.48. The fourth-order valence-corrected chi connectivity index (χ4v) is 1.51. The number of hydrogen-bond acceptors (Lipinski definition) is 3. The molecule has 19 heavy (non-hydrogen) atoms. The van der Waals surface area contributed by atoms with Crippen molar-refractivity contribution in [2.45, 2.75) is 6.92 Å². The summed E-state index contributed by atoms with van der Waals surface area (Å²) in [7, 11) is 0. The van der Waals surface area contributed by atoms with Crippen LogP contribution in [-0.4, -0.2) is 11.8 Å². The lowest BCUT2D eigenvalue weighted by Gasteiger charge is -2.10. The molecule has 1 heterocycles. The lowest BCUT2D eigenvalue weighted by Crippen LogP contribution is -2.14. The van der Waals surface area contributed by atoms with Crippen molar-refractivity contribution in [3.8, 4) is 0 Å². The summed E-state index contributed by atoms with van der Waals surface area (Å²) >= 11 is 0. The molecule has 0 bridgehead atoms. The van der Waals surface area contributed by atoms with Crippen LogP contribution in [0.25, 0.3) is 0 Å². The number of furan rings is 1. The average molecular weight is 262 g/mol. The summed E-state index contributed by atoms with van der Waals surface area (Å²) in [4.78, 5) is 22.8. The number of rotatable bonds is 3. The van der Waals surface area contributed by atoms with Crippen molar-refractivity contribution < 1.29 is 18.4 Å². The average Bonchev–Trinajstić information content (AvgIpc) is 2.86. The maximum atomic E-state index is 13.2. The topological polar surface area (TPSA) is 71.3 Å². The number of carbonyl (C=O) groups is 2. The van der Waals surface area contributed by atoms with Crippen LogP contribution in [-0.2, 0) is 4.79 Å². The van der Waals surface area contributed by atoms with Crippen LogP contribution in [0.4, 0.5) is 15.8 Å². The van der Waals surface area contributed by atoms with Crippen LogP contribution in [0.5, 0.6) is 0 Å². The van der Waals surface area contributed by atoms with E-state index in [0.29, 0.717) is 5.69 Å². The molecule has 1 aromatic carbocycles. The zero-order valence-corrected chi connectivity index (χ0v) is 10.1. The molecule has 0 spiro atoms. The van der Waals surface area contributed by atoms with Gasteiger partial charge in [-0.1, -0.05) is 0 Å². The van der Waals surface area contributed by atoms with Gasteiger partial charge in [0.1, 0.15) is 5.82 Å². The SMILES string of the molecule is CC(=O)Nc1ccc(F)cc1NC(=O)c1ccco1. The molecule has 2 N–H and O–H groups in total. The minimum atomic E-state index is -0.526. The van der Waals surface area contributed by atoms with Gasteiger partial charge in [0.05, 0.1) is 17.6 Å². The second-order valence-electron chi connectivity index (χ2n) is 3.80. The fraction of sp³-hybridized carbons (Fsp3) is 0.0769. The van der Waals surface area contributed by atoms with E-state index in [9.17, 15) is 14.0 Å². The van der Waals surface area contributed by atoms with Gasteiger partial charge in [0.25, 0.3) is 5.91 Å². The normalized spacial score (nSPS) is 10.0. The van der Waals surface area contributed by atoms with Gasteiger partial charge in [-0.05, 0) is 30.3 Å². The number of amides is 2. The van der Waals surface area contributed by atoms with Crippen LogP contribution < -0.4 is 10.6 Å². The van der Waals surface area contributed by atoms with Crippen molar-refractivity contribution in [1.82, 2.24) is 0 Å². The molecule has 2 rings (SSSR count). The first kappa shape index (κ1) is 12.8. The number of anilines is 2. The van der Waals surface area contributed by atoms with Gasteiger partial charge >= 0.3 is 0 Å². The van der Waals surface area contributed by atoms with Crippen molar-refractivity contribution in [2.24, 2.45) is 0 Å². The second kappa shape index (κ2) is 5.34. The molecule has 98 valence electrons. The van der Waals surface area contributed by atoms with E-state index in [1.165, 1.54) is 31.4 Å². The number of nitrogens with one attached hydrogen (secondary N) is 2. The zero-order valence-electron chi connectivity index (χ0n) is 10.1. The van der Waals surface area contributed by atoms with Crippen LogP contribution in [0.2, 0.25) is 0 Å². The Morgan fingerprint density at radius 3 is 2.58 bits per heavy atom. The maximum absolute atomic E-state index is 13.2. The third-order valence-corrected chi connectivity index (χ3v) is 2.29. The summed E-state index contributed by atoms with van der Waals surface area (Å²) in [6.07, 6.45) is 1.36. The molecule has 6 heteroatoms. The highest BCUT2D eigenvalue weighted by Crippen LogP contribution is 2.23. The fourth-order valence-electron chi connectivity index (χ4n) is 1.51. The summed E-state index contributed by atoms with van der Waals surface area (Å²) in [6.45, 7) is 1.32. The van der Waals surface area contributed by atoms with Gasteiger partial charge in [0, 0.05) is 6.92 Å². The first-order chi connectivity index (χ1) is 9.06. The molecule has 0 saturated carbocycles. The molecule has 0 aliphatic carbocycles. The standard InChI is InChI=1S/C13H11FN2O3/c1-8(17)15-10-5-4-9(14)7-11(10)16-13(18)12-3-2-6-19-12/h2-7H,1H3,(H,15,17)(H,16,18). The quantitative estimate of drug-likeness (QED) is 0.893. The molecular formula is C13H11FN2O3. The van der Waals surface area contributed by atoms with Gasteiger partial charge in [0.2, 0.25) is 5.91 Å². The van der Waals surface area contributed by atoms with Gasteiger partial charge in [-0.3, -0.25) is 9.59 Å². The second-order valence-corrected chi connectivity index (χ2v) is 3.80. The smallest absolute Gasteiger partial charge is 0.291 e. The third kappa shape index (κ3) is 3.19. The molecule has 0 atom stereocenters. The molecule has 0 radical (unpaired) electrons. The van der Waals surface area contributed by atoms with Crippen LogP contribution >= 0.6 is 0 Å². The summed E-state index contributed by atoms with van der Waals surface area (Å²) in [6, 6.07) is 6.72. The monoisotopic (exact) mass is 262 g/mol. The van der Waals surface area contributed by atoms with E-state index in [4.69, 9.17) is 4.42 Å². The van der Waals surface area contributed by atoms with E-state index in [0.717, 1.165) is 6.07 Å². The molecular weight excluding hydrogens is 251 g/mol. The van der Waals surface area contributed by atoms with Gasteiger partial charge in [-0.2, -0.15) is 0 Å². The minimum absolute atomic E-state index is 0.0954. The third-order valence-electron chi connectivity index (χ3n) is 2.29. The van der Waals surface area contributed by atoms with E-state index < -0.39 is 11.7 Å². The Labute approximate surface area is 108 Å². The minimum Gasteiger partial charge on any atom is -0.459 e. The first-order valence-electron chi connectivity index (χ1n) is 5.48. The largest absolute Gasteiger partial charge is 0.459 e. The predicted octanol–water partition coefficient (Wildman–Crippen LogP) is 2.63. The van der Waals surface area contributed by atoms with E-state index in [1.807, 2.05) is 0 Å². The summed E-state index contributed by atoms with van der Waals surface area (Å²) in [5.41, 5.74) is 0.477. The van der Waals surface area contributed by atoms with Crippen molar-refractivity contribution in [3.05, 3.63) is 48.2 Å². The Hall–Kier alpha value is -2.63. The molecule has 1 aromatic heterocycles. The van der Waals surface area contributed by atoms with Crippen LogP contribution in [0.15, 0.2) is 41.0 Å². The molecule has 2 amide bonds. The number of carbonyl (C=O) groups excluding carboxylic acids is 2. The van der Waals surface area contributed by atoms with Crippen molar-refractivity contribution >= 4 is 23.2 Å². The van der Waals surface area contributed by atoms with E-state index in [-0.39, 0.29) is 17.4 Å². The lowest BCUT2D eigenvalue weighted by atomic mass is 10.2. The molecule has 0 aliphatic heterocycles. The number of hydrogen-bond donors (Lipinski definition) is 2. The Kier molecular flexibility index (Phi) is 3.61. The van der Waals surface area contributed by atoms with Crippen molar-refractivity contribution in [3.63, 3.8) is 0 Å². The van der Waals surface area contributed by atoms with Crippen molar-refractivity contribution in [2.75, 3.05) is 10.6 Å². The highest BCUT2D eigenvalue weighted by Gasteiger charge is 2.12. The molecule has 0 unspecified atom stereocenters. The van der Waals surface area contributed by atoms with Crippen LogP contribution in [0.3, 0.4) is 0 Å². The summed E-state index contributed by atoms with van der Waals surface area (Å²) in [5, 5.41) is 4.97. The van der Waals surface area contributed by atoms with Gasteiger partial charge < -0.3 is 15.1 Å². The van der Waals surface area contributed by atoms with Gasteiger partial charge in [-0.25, -0.2) is 4.39 Å². The Morgan fingerprint density at radius 2 is 1.95 bits per heavy atom. The molecule has 0 fully saturated rings. The van der Waals surface area contributed by atoms with Crippen LogP contribution in [0, 0.1) is 5.82 Å². The van der Waals surface area contributed by atoms with E-state index in [2.05, 4.69) is 10.6 Å². The Bertz CT molecular complexity index is 608. The van der Waals surface area contributed by atoms with Crippen molar-refractivity contribution in [1.29, 1.82) is 0 Å². The molecule has 0 saturated heterocycles. The predicted molar refractivity (Wildman–Crippen MR) is 67.4 cm³/mol. The van der Waals surface area contributed by atoms with E-state index in [1.54, 1.807) is 6.07 Å². The summed E-state index contributed by atoms with van der Waals surface area (Å²) < 4.78 is 18.1.